The van der Waals surface area contributed by atoms with Gasteiger partial charge in [0.1, 0.15) is 0 Å². The maximum Gasteiger partial charge on any atom is 0.279 e. The van der Waals surface area contributed by atoms with Crippen LogP contribution < -0.4 is 4.80 Å². The van der Waals surface area contributed by atoms with Crippen LogP contribution in [0.2, 0.25) is 0 Å². The maximum absolute atomic E-state index is 12.6. The molecule has 3 aromatic rings. The van der Waals surface area contributed by atoms with Crippen molar-refractivity contribution in [2.24, 2.45) is 4.99 Å². The molecule has 0 saturated carbocycles. The fraction of sp³-hybridized carbons (Fsp3) is 0.286. The van der Waals surface area contributed by atoms with E-state index in [1.165, 1.54) is 22.5 Å². The Labute approximate surface area is 162 Å². The van der Waals surface area contributed by atoms with Gasteiger partial charge in [0.15, 0.2) is 4.80 Å². The van der Waals surface area contributed by atoms with E-state index in [-0.39, 0.29) is 5.91 Å². The number of thiazole rings is 1. The Bertz CT molecular complexity index is 1090. The first-order valence-corrected chi connectivity index (χ1v) is 9.62. The number of benzene rings is 2. The van der Waals surface area contributed by atoms with Crippen LogP contribution >= 0.6 is 11.3 Å². The molecule has 1 amide bonds. The van der Waals surface area contributed by atoms with E-state index in [1.54, 1.807) is 24.3 Å². The molecule has 1 aromatic heterocycles. The van der Waals surface area contributed by atoms with Gasteiger partial charge >= 0.3 is 0 Å². The predicted octanol–water partition coefficient (Wildman–Crippen LogP) is 3.97. The molecule has 0 radical (unpaired) electrons. The second-order valence-corrected chi connectivity index (χ2v) is 7.25. The number of fused-ring (bicyclic) bond motifs is 1. The Hall–Kier alpha value is -2.75. The molecule has 138 valence electrons. The monoisotopic (exact) mass is 379 g/mol. The van der Waals surface area contributed by atoms with E-state index >= 15 is 0 Å². The smallest absolute Gasteiger partial charge is 0.279 e. The highest BCUT2D eigenvalue weighted by molar-refractivity contribution is 7.16. The molecule has 0 aliphatic heterocycles. The summed E-state index contributed by atoms with van der Waals surface area (Å²) in [5.74, 6) is -0.315. The summed E-state index contributed by atoms with van der Waals surface area (Å²) in [5, 5.41) is 8.89. The van der Waals surface area contributed by atoms with E-state index in [0.717, 1.165) is 10.2 Å². The minimum atomic E-state index is -0.315. The summed E-state index contributed by atoms with van der Waals surface area (Å²) >= 11 is 1.50. The molecule has 0 fully saturated rings. The number of aryl methyl sites for hydroxylation is 2. The number of rotatable bonds is 5. The Balaban J connectivity index is 2.07. The number of aromatic nitrogens is 1. The molecule has 27 heavy (non-hydrogen) atoms. The molecule has 2 aromatic carbocycles. The minimum absolute atomic E-state index is 0.315. The Kier molecular flexibility index (Phi) is 5.84. The van der Waals surface area contributed by atoms with Crippen LogP contribution in [0.5, 0.6) is 0 Å². The SMILES string of the molecule is CCOCCn1c(=NC(=O)c2ccc(C#N)cc2)sc2cc(C)c(C)cc21. The summed E-state index contributed by atoms with van der Waals surface area (Å²) in [5.41, 5.74) is 4.47. The molecule has 6 heteroatoms. The van der Waals surface area contributed by atoms with Crippen molar-refractivity contribution in [1.29, 1.82) is 5.26 Å². The number of carbonyl (C=O) groups excluding carboxylic acids is 1. The van der Waals surface area contributed by atoms with Crippen LogP contribution in [0.4, 0.5) is 0 Å². The Morgan fingerprint density at radius 2 is 1.93 bits per heavy atom. The first-order valence-electron chi connectivity index (χ1n) is 8.81. The van der Waals surface area contributed by atoms with Gasteiger partial charge in [-0.2, -0.15) is 10.3 Å². The molecule has 0 bridgehead atoms. The third kappa shape index (κ3) is 4.16. The summed E-state index contributed by atoms with van der Waals surface area (Å²) in [6.07, 6.45) is 0. The number of ether oxygens (including phenoxy) is 1. The van der Waals surface area contributed by atoms with Gasteiger partial charge in [-0.15, -0.1) is 0 Å². The summed E-state index contributed by atoms with van der Waals surface area (Å²) in [6, 6.07) is 12.9. The lowest BCUT2D eigenvalue weighted by Gasteiger charge is -2.07. The highest BCUT2D eigenvalue weighted by atomic mass is 32.1. The van der Waals surface area contributed by atoms with E-state index < -0.39 is 0 Å². The van der Waals surface area contributed by atoms with E-state index in [0.29, 0.717) is 35.7 Å². The molecule has 1 heterocycles. The first kappa shape index (κ1) is 19.0. The van der Waals surface area contributed by atoms with Crippen molar-refractivity contribution in [2.75, 3.05) is 13.2 Å². The van der Waals surface area contributed by atoms with E-state index in [9.17, 15) is 4.79 Å². The zero-order valence-corrected chi connectivity index (χ0v) is 16.5. The van der Waals surface area contributed by atoms with Crippen LogP contribution in [0.25, 0.3) is 10.2 Å². The van der Waals surface area contributed by atoms with Gasteiger partial charge in [0.2, 0.25) is 0 Å². The van der Waals surface area contributed by atoms with Gasteiger partial charge in [0.25, 0.3) is 5.91 Å². The highest BCUT2D eigenvalue weighted by Crippen LogP contribution is 2.22. The largest absolute Gasteiger partial charge is 0.380 e. The minimum Gasteiger partial charge on any atom is -0.380 e. The molecule has 5 nitrogen and oxygen atoms in total. The highest BCUT2D eigenvalue weighted by Gasteiger charge is 2.11. The molecule has 0 aliphatic carbocycles. The van der Waals surface area contributed by atoms with Crippen molar-refractivity contribution in [2.45, 2.75) is 27.3 Å². The zero-order chi connectivity index (χ0) is 19.4. The number of nitriles is 1. The summed E-state index contributed by atoms with van der Waals surface area (Å²) in [7, 11) is 0. The van der Waals surface area contributed by atoms with Crippen molar-refractivity contribution in [1.82, 2.24) is 4.57 Å². The number of hydrogen-bond acceptors (Lipinski definition) is 4. The van der Waals surface area contributed by atoms with Gasteiger partial charge in [-0.1, -0.05) is 11.3 Å². The van der Waals surface area contributed by atoms with Crippen LogP contribution in [-0.4, -0.2) is 23.7 Å². The van der Waals surface area contributed by atoms with Crippen LogP contribution in [-0.2, 0) is 11.3 Å². The number of amides is 1. The predicted molar refractivity (Wildman–Crippen MR) is 107 cm³/mol. The normalized spacial score (nSPS) is 11.7. The zero-order valence-electron chi connectivity index (χ0n) is 15.7. The van der Waals surface area contributed by atoms with Crippen molar-refractivity contribution in [3.63, 3.8) is 0 Å². The molecule has 0 N–H and O–H groups in total. The second-order valence-electron chi connectivity index (χ2n) is 6.24. The van der Waals surface area contributed by atoms with E-state index in [1.807, 2.05) is 11.5 Å². The van der Waals surface area contributed by atoms with Gasteiger partial charge in [-0.25, -0.2) is 0 Å². The maximum atomic E-state index is 12.6. The average molecular weight is 379 g/mol. The van der Waals surface area contributed by atoms with Crippen molar-refractivity contribution >= 4 is 27.5 Å². The van der Waals surface area contributed by atoms with E-state index in [2.05, 4.69) is 37.0 Å². The molecule has 0 aliphatic rings. The lowest BCUT2D eigenvalue weighted by molar-refractivity contribution is 0.0996. The molecule has 0 atom stereocenters. The Morgan fingerprint density at radius 1 is 1.22 bits per heavy atom. The quantitative estimate of drug-likeness (QED) is 0.630. The standard InChI is InChI=1S/C21H21N3O2S/c1-4-26-10-9-24-18-11-14(2)15(3)12-19(18)27-21(24)23-20(25)17-7-5-16(13-22)6-8-17/h5-8,11-12H,4,9-10H2,1-3H3. The van der Waals surface area contributed by atoms with Gasteiger partial charge in [-0.05, 0) is 68.3 Å². The summed E-state index contributed by atoms with van der Waals surface area (Å²) in [6.45, 7) is 7.97. The van der Waals surface area contributed by atoms with Crippen LogP contribution in [0.1, 0.15) is 34.0 Å². The molecule has 0 spiro atoms. The average Bonchev–Trinajstić information content (AvgIpc) is 2.98. The fourth-order valence-corrected chi connectivity index (χ4v) is 3.90. The third-order valence-corrected chi connectivity index (χ3v) is 5.46. The van der Waals surface area contributed by atoms with Gasteiger partial charge in [-0.3, -0.25) is 4.79 Å². The lowest BCUT2D eigenvalue weighted by atomic mass is 10.1. The van der Waals surface area contributed by atoms with Gasteiger partial charge in [0, 0.05) is 18.7 Å². The fourth-order valence-electron chi connectivity index (χ4n) is 2.76. The molecule has 0 saturated heterocycles. The molecule has 3 rings (SSSR count). The molecule has 0 unspecified atom stereocenters. The van der Waals surface area contributed by atoms with Crippen molar-refractivity contribution in [3.8, 4) is 6.07 Å². The first-order chi connectivity index (χ1) is 13.0. The van der Waals surface area contributed by atoms with Crippen molar-refractivity contribution in [3.05, 3.63) is 63.5 Å². The molecular weight excluding hydrogens is 358 g/mol. The van der Waals surface area contributed by atoms with Crippen LogP contribution in [0, 0.1) is 25.2 Å². The number of nitrogens with zero attached hydrogens (tertiary/aromatic N) is 3. The summed E-state index contributed by atoms with van der Waals surface area (Å²) in [4.78, 5) is 17.6. The van der Waals surface area contributed by atoms with Crippen LogP contribution in [0.15, 0.2) is 41.4 Å². The Morgan fingerprint density at radius 3 is 2.59 bits per heavy atom. The third-order valence-electron chi connectivity index (χ3n) is 4.42. The van der Waals surface area contributed by atoms with Crippen molar-refractivity contribution < 1.29 is 9.53 Å². The molecular formula is C21H21N3O2S. The number of carbonyl (C=O) groups is 1. The van der Waals surface area contributed by atoms with Gasteiger partial charge < -0.3 is 9.30 Å². The lowest BCUT2D eigenvalue weighted by Crippen LogP contribution is -2.19. The number of hydrogen-bond donors (Lipinski definition) is 0. The van der Waals surface area contributed by atoms with E-state index in [4.69, 9.17) is 10.00 Å². The van der Waals surface area contributed by atoms with Gasteiger partial charge in [0.05, 0.1) is 28.5 Å². The second kappa shape index (κ2) is 8.30. The topological polar surface area (TPSA) is 67.4 Å². The summed E-state index contributed by atoms with van der Waals surface area (Å²) < 4.78 is 8.65. The van der Waals surface area contributed by atoms with Crippen LogP contribution in [0.3, 0.4) is 0 Å².